The number of hydrogen-bond acceptors (Lipinski definition) is 2. The van der Waals surface area contributed by atoms with E-state index < -0.39 is 0 Å². The number of aryl methyl sites for hydroxylation is 2. The summed E-state index contributed by atoms with van der Waals surface area (Å²) in [6, 6.07) is 24.4. The topological polar surface area (TPSA) is 40.8 Å². The van der Waals surface area contributed by atoms with Crippen molar-refractivity contribution in [3.63, 3.8) is 0 Å². The largest absolute Gasteiger partial charge is 0.454 e. The molecular formula is C41H47N2O+. The molecule has 0 atom stereocenters. The lowest BCUT2D eigenvalue weighted by atomic mass is 9.68. The molecular weight excluding hydrogens is 536 g/mol. The lowest BCUT2D eigenvalue weighted by molar-refractivity contribution is -0.660. The lowest BCUT2D eigenvalue weighted by Crippen LogP contribution is -2.31. The number of fused-ring (bicyclic) bond motifs is 3. The van der Waals surface area contributed by atoms with Crippen molar-refractivity contribution < 1.29 is 8.98 Å². The van der Waals surface area contributed by atoms with Gasteiger partial charge in [0.25, 0.3) is 0 Å². The molecule has 1 aliphatic rings. The van der Waals surface area contributed by atoms with Crippen molar-refractivity contribution in [2.24, 2.45) is 23.8 Å². The Morgan fingerprint density at radius 1 is 0.818 bits per heavy atom. The van der Waals surface area contributed by atoms with Crippen molar-refractivity contribution in [2.45, 2.75) is 86.5 Å². The van der Waals surface area contributed by atoms with Gasteiger partial charge in [-0.3, -0.25) is 0 Å². The van der Waals surface area contributed by atoms with E-state index >= 15 is 0 Å². The lowest BCUT2D eigenvalue weighted by Gasteiger charge is -2.37. The summed E-state index contributed by atoms with van der Waals surface area (Å²) in [6.07, 6.45) is 8.25. The monoisotopic (exact) mass is 583 g/mol. The zero-order valence-electron chi connectivity index (χ0n) is 27.8. The average Bonchev–Trinajstić information content (AvgIpc) is 3.35. The van der Waals surface area contributed by atoms with Gasteiger partial charge >= 0.3 is 0 Å². The zero-order chi connectivity index (χ0) is 31.4. The second kappa shape index (κ2) is 11.2. The van der Waals surface area contributed by atoms with E-state index in [9.17, 15) is 5.26 Å². The fourth-order valence-corrected chi connectivity index (χ4v) is 7.50. The molecule has 0 unspecified atom stereocenters. The van der Waals surface area contributed by atoms with Crippen LogP contribution in [0.3, 0.4) is 0 Å². The fraction of sp³-hybridized carbons (Fsp3) is 0.415. The van der Waals surface area contributed by atoms with Crippen molar-refractivity contribution >= 4 is 21.9 Å². The number of aromatic nitrogens is 1. The number of nitriles is 1. The van der Waals surface area contributed by atoms with E-state index in [2.05, 4.69) is 127 Å². The van der Waals surface area contributed by atoms with Crippen molar-refractivity contribution in [1.82, 2.24) is 0 Å². The number of furan rings is 1. The number of hydrogen-bond donors (Lipinski definition) is 0. The van der Waals surface area contributed by atoms with Gasteiger partial charge < -0.3 is 4.42 Å². The molecule has 44 heavy (non-hydrogen) atoms. The van der Waals surface area contributed by atoms with Gasteiger partial charge in [0, 0.05) is 28.5 Å². The maximum atomic E-state index is 10.2. The van der Waals surface area contributed by atoms with Crippen LogP contribution in [-0.4, -0.2) is 0 Å². The molecule has 0 spiro atoms. The molecule has 1 saturated carbocycles. The van der Waals surface area contributed by atoms with Gasteiger partial charge in [-0.2, -0.15) is 5.26 Å². The standard InChI is InChI=1S/C41H47N2O/c1-26-9-19-33-34-20-16-31(25-42)37(30-12-10-28(11-13-30)29-14-17-32(18-15-29)41(5,6)7)39(34)44-38(33)36(26)35-23-27(21-22-43(35)8)24-40(2,3)4/h9-13,16,19-23,29,32H,14-15,17-18,24H2,1-8H3/q+1. The summed E-state index contributed by atoms with van der Waals surface area (Å²) in [5, 5.41) is 12.3. The highest BCUT2D eigenvalue weighted by atomic mass is 16.3. The third-order valence-electron chi connectivity index (χ3n) is 9.97. The normalized spacial score (nSPS) is 17.7. The molecule has 3 nitrogen and oxygen atoms in total. The molecule has 2 heterocycles. The Bertz CT molecular complexity index is 1880. The van der Waals surface area contributed by atoms with Crippen LogP contribution >= 0.6 is 0 Å². The minimum atomic E-state index is 0.196. The molecule has 5 aromatic rings. The summed E-state index contributed by atoms with van der Waals surface area (Å²) in [4.78, 5) is 0. The number of benzene rings is 3. The van der Waals surface area contributed by atoms with Crippen molar-refractivity contribution in [2.75, 3.05) is 0 Å². The van der Waals surface area contributed by atoms with E-state index in [1.54, 1.807) is 0 Å². The number of rotatable bonds is 4. The maximum Gasteiger partial charge on any atom is 0.216 e. The van der Waals surface area contributed by atoms with E-state index in [1.165, 1.54) is 42.4 Å². The first kappa shape index (κ1) is 30.1. The highest BCUT2D eigenvalue weighted by Gasteiger charge is 2.30. The van der Waals surface area contributed by atoms with Crippen LogP contribution in [0.25, 0.3) is 44.3 Å². The van der Waals surface area contributed by atoms with Crippen LogP contribution < -0.4 is 4.57 Å². The van der Waals surface area contributed by atoms with E-state index in [-0.39, 0.29) is 5.41 Å². The molecule has 0 radical (unpaired) electrons. The fourth-order valence-electron chi connectivity index (χ4n) is 7.50. The third-order valence-corrected chi connectivity index (χ3v) is 9.97. The minimum Gasteiger partial charge on any atom is -0.454 e. The molecule has 226 valence electrons. The Labute approximate surface area is 263 Å². The van der Waals surface area contributed by atoms with Crippen LogP contribution in [-0.2, 0) is 13.5 Å². The van der Waals surface area contributed by atoms with Gasteiger partial charge in [-0.05, 0) is 96.1 Å². The van der Waals surface area contributed by atoms with E-state index in [0.717, 1.165) is 56.7 Å². The maximum absolute atomic E-state index is 10.2. The third kappa shape index (κ3) is 5.68. The van der Waals surface area contributed by atoms with Crippen LogP contribution in [0.2, 0.25) is 0 Å². The van der Waals surface area contributed by atoms with Crippen LogP contribution in [0.1, 0.15) is 95.4 Å². The van der Waals surface area contributed by atoms with Gasteiger partial charge in [0.05, 0.1) is 17.2 Å². The van der Waals surface area contributed by atoms with Crippen LogP contribution in [0.5, 0.6) is 0 Å². The van der Waals surface area contributed by atoms with Crippen LogP contribution in [0.15, 0.2) is 71.3 Å². The SMILES string of the molecule is Cc1ccc2c(oc3c(-c4ccc(C5CCC(C(C)(C)C)CC5)cc4)c(C#N)ccc32)c1-c1cc(CC(C)(C)C)cc[n+]1C. The van der Waals surface area contributed by atoms with E-state index in [0.29, 0.717) is 16.9 Å². The Balaban J connectivity index is 1.44. The Morgan fingerprint density at radius 3 is 2.07 bits per heavy atom. The predicted octanol–water partition coefficient (Wildman–Crippen LogP) is 10.8. The first-order chi connectivity index (χ1) is 20.8. The smallest absolute Gasteiger partial charge is 0.216 e. The van der Waals surface area contributed by atoms with E-state index in [1.807, 2.05) is 6.07 Å². The van der Waals surface area contributed by atoms with Crippen LogP contribution in [0.4, 0.5) is 0 Å². The summed E-state index contributed by atoms with van der Waals surface area (Å²) in [5.41, 5.74) is 11.0. The summed E-state index contributed by atoms with van der Waals surface area (Å²) >= 11 is 0. The molecule has 1 fully saturated rings. The second-order valence-electron chi connectivity index (χ2n) is 15.5. The summed E-state index contributed by atoms with van der Waals surface area (Å²) in [5.74, 6) is 1.42. The van der Waals surface area contributed by atoms with Gasteiger partial charge in [-0.1, -0.05) is 77.9 Å². The molecule has 1 aliphatic carbocycles. The Hall–Kier alpha value is -3.90. The number of nitrogens with zero attached hydrogens (tertiary/aromatic N) is 2. The highest BCUT2D eigenvalue weighted by Crippen LogP contribution is 2.45. The Kier molecular flexibility index (Phi) is 7.69. The van der Waals surface area contributed by atoms with Crippen molar-refractivity contribution in [3.05, 3.63) is 89.1 Å². The van der Waals surface area contributed by atoms with Gasteiger partial charge in [-0.15, -0.1) is 0 Å². The molecule has 3 aromatic carbocycles. The zero-order valence-corrected chi connectivity index (χ0v) is 27.8. The first-order valence-corrected chi connectivity index (χ1v) is 16.3. The van der Waals surface area contributed by atoms with Gasteiger partial charge in [0.15, 0.2) is 6.20 Å². The molecule has 6 rings (SSSR count). The average molecular weight is 584 g/mol. The molecule has 0 N–H and O–H groups in total. The number of pyridine rings is 1. The molecule has 2 aromatic heterocycles. The summed E-state index contributed by atoms with van der Waals surface area (Å²) in [6.45, 7) is 16.1. The molecule has 0 aliphatic heterocycles. The molecule has 0 amide bonds. The predicted molar refractivity (Wildman–Crippen MR) is 183 cm³/mol. The molecule has 0 bridgehead atoms. The second-order valence-corrected chi connectivity index (χ2v) is 15.5. The van der Waals surface area contributed by atoms with Crippen LogP contribution in [0, 0.1) is 35.0 Å². The summed E-state index contributed by atoms with van der Waals surface area (Å²) < 4.78 is 9.06. The van der Waals surface area contributed by atoms with Gasteiger partial charge in [0.2, 0.25) is 5.69 Å². The minimum absolute atomic E-state index is 0.196. The Morgan fingerprint density at radius 2 is 1.45 bits per heavy atom. The van der Waals surface area contributed by atoms with Gasteiger partial charge in [-0.25, -0.2) is 4.57 Å². The summed E-state index contributed by atoms with van der Waals surface area (Å²) in [7, 11) is 2.10. The van der Waals surface area contributed by atoms with Gasteiger partial charge in [0.1, 0.15) is 18.2 Å². The highest BCUT2D eigenvalue weighted by molar-refractivity contribution is 6.14. The molecule has 3 heteroatoms. The van der Waals surface area contributed by atoms with E-state index in [4.69, 9.17) is 4.42 Å². The molecule has 0 saturated heterocycles. The first-order valence-electron chi connectivity index (χ1n) is 16.3. The van der Waals surface area contributed by atoms with Crippen molar-refractivity contribution in [1.29, 1.82) is 5.26 Å². The quantitative estimate of drug-likeness (QED) is 0.197. The van der Waals surface area contributed by atoms with Crippen molar-refractivity contribution in [3.8, 4) is 28.5 Å².